The van der Waals surface area contributed by atoms with E-state index in [1.807, 2.05) is 57.2 Å². The second kappa shape index (κ2) is 11.2. The molecule has 0 radical (unpaired) electrons. The summed E-state index contributed by atoms with van der Waals surface area (Å²) in [4.78, 5) is 35.2. The summed E-state index contributed by atoms with van der Waals surface area (Å²) in [6.45, 7) is 14.0. The molecule has 0 aliphatic carbocycles. The molecule has 0 heterocycles. The van der Waals surface area contributed by atoms with Gasteiger partial charge in [-0.1, -0.05) is 95.4 Å². The number of Topliss-reactive ketones (excluding diaryl/α,β-unsaturated/α-hetero) is 2. The molecule has 0 spiro atoms. The molecule has 2 rings (SSSR count). The Labute approximate surface area is 181 Å². The monoisotopic (exact) mass is 410 g/mol. The Kier molecular flexibility index (Phi) is 10.1. The number of benzene rings is 2. The molecule has 0 N–H and O–H groups in total. The van der Waals surface area contributed by atoms with E-state index in [0.29, 0.717) is 5.56 Å². The van der Waals surface area contributed by atoms with Crippen molar-refractivity contribution in [2.45, 2.75) is 54.6 Å². The first kappa shape index (κ1) is 27.0. The summed E-state index contributed by atoms with van der Waals surface area (Å²) in [6.07, 6.45) is 0. The lowest BCUT2D eigenvalue weighted by molar-refractivity contribution is -0.147. The topological polar surface area (TPSA) is 60.4 Å². The molecule has 0 saturated carbocycles. The third kappa shape index (κ3) is 8.16. The fraction of sp³-hybridized carbons (Fsp3) is 0.346. The van der Waals surface area contributed by atoms with E-state index >= 15 is 0 Å². The molecule has 4 heteroatoms. The van der Waals surface area contributed by atoms with E-state index in [-0.39, 0.29) is 30.0 Å². The standard InChI is InChI=1S/C14H16O3.C11H14O.CH4/c1-10(2)13(16)17-14(3,4)12(15)11-8-6-5-7-9-11;1-11(2,3)10(12)9-7-5-4-6-8-9;/h5-9H,1H2,2-4H3;4-8H,1-3H3;1H4. The number of ketones is 2. The molecule has 0 aliphatic heterocycles. The molecule has 0 aliphatic rings. The molecule has 0 saturated heterocycles. The predicted octanol–water partition coefficient (Wildman–Crippen LogP) is 6.32. The Hall–Kier alpha value is -3.01. The fourth-order valence-electron chi connectivity index (χ4n) is 2.32. The van der Waals surface area contributed by atoms with Crippen molar-refractivity contribution in [3.63, 3.8) is 0 Å². The molecule has 0 aromatic heterocycles. The SMILES string of the molecule is C.C=C(C)C(=O)OC(C)(C)C(=O)c1ccccc1.CC(C)(C)C(=O)c1ccccc1. The van der Waals surface area contributed by atoms with Crippen molar-refractivity contribution in [1.82, 2.24) is 0 Å². The van der Waals surface area contributed by atoms with Crippen LogP contribution in [0, 0.1) is 5.41 Å². The average molecular weight is 411 g/mol. The first-order chi connectivity index (χ1) is 13.4. The van der Waals surface area contributed by atoms with Crippen LogP contribution in [0.2, 0.25) is 0 Å². The van der Waals surface area contributed by atoms with Gasteiger partial charge in [0.1, 0.15) is 0 Å². The number of hydrogen-bond acceptors (Lipinski definition) is 4. The molecule has 0 unspecified atom stereocenters. The molecule has 0 bridgehead atoms. The Morgan fingerprint density at radius 3 is 1.43 bits per heavy atom. The highest BCUT2D eigenvalue weighted by Gasteiger charge is 2.32. The van der Waals surface area contributed by atoms with Crippen LogP contribution < -0.4 is 0 Å². The van der Waals surface area contributed by atoms with Crippen LogP contribution in [-0.2, 0) is 9.53 Å². The third-order valence-electron chi connectivity index (χ3n) is 4.00. The molecule has 0 amide bonds. The summed E-state index contributed by atoms with van der Waals surface area (Å²) in [5, 5.41) is 0. The van der Waals surface area contributed by atoms with Gasteiger partial charge in [0.05, 0.1) is 0 Å². The Morgan fingerprint density at radius 1 is 0.733 bits per heavy atom. The first-order valence-electron chi connectivity index (χ1n) is 9.45. The quantitative estimate of drug-likeness (QED) is 0.329. The largest absolute Gasteiger partial charge is 0.448 e. The van der Waals surface area contributed by atoms with Crippen LogP contribution in [0.1, 0.15) is 69.7 Å². The van der Waals surface area contributed by atoms with Crippen LogP contribution in [0.4, 0.5) is 0 Å². The molecular formula is C26H34O4. The molecule has 162 valence electrons. The van der Waals surface area contributed by atoms with E-state index in [9.17, 15) is 14.4 Å². The molecule has 4 nitrogen and oxygen atoms in total. The van der Waals surface area contributed by atoms with Gasteiger partial charge in [0.2, 0.25) is 5.78 Å². The Balaban J connectivity index is 0.000000573. The predicted molar refractivity (Wildman–Crippen MR) is 123 cm³/mol. The summed E-state index contributed by atoms with van der Waals surface area (Å²) in [5.41, 5.74) is 0.134. The third-order valence-corrected chi connectivity index (χ3v) is 4.00. The van der Waals surface area contributed by atoms with Gasteiger partial charge < -0.3 is 4.74 Å². The highest BCUT2D eigenvalue weighted by atomic mass is 16.6. The van der Waals surface area contributed by atoms with Gasteiger partial charge in [0.15, 0.2) is 11.4 Å². The number of ether oxygens (including phenoxy) is 1. The highest BCUT2D eigenvalue weighted by molar-refractivity contribution is 6.03. The van der Waals surface area contributed by atoms with Gasteiger partial charge in [-0.3, -0.25) is 9.59 Å². The number of hydrogen-bond donors (Lipinski definition) is 0. The van der Waals surface area contributed by atoms with Crippen LogP contribution >= 0.6 is 0 Å². The highest BCUT2D eigenvalue weighted by Crippen LogP contribution is 2.20. The van der Waals surface area contributed by atoms with Crippen molar-refractivity contribution < 1.29 is 19.1 Å². The summed E-state index contributed by atoms with van der Waals surface area (Å²) in [6, 6.07) is 18.1. The van der Waals surface area contributed by atoms with Crippen molar-refractivity contribution in [2.24, 2.45) is 5.41 Å². The maximum absolute atomic E-state index is 12.1. The van der Waals surface area contributed by atoms with Gasteiger partial charge >= 0.3 is 5.97 Å². The van der Waals surface area contributed by atoms with Crippen molar-refractivity contribution in [3.8, 4) is 0 Å². The van der Waals surface area contributed by atoms with Crippen LogP contribution in [0.25, 0.3) is 0 Å². The average Bonchev–Trinajstić information content (AvgIpc) is 2.67. The molecule has 2 aromatic carbocycles. The number of rotatable bonds is 5. The van der Waals surface area contributed by atoms with E-state index in [1.54, 1.807) is 45.0 Å². The van der Waals surface area contributed by atoms with Gasteiger partial charge in [-0.05, 0) is 20.8 Å². The first-order valence-corrected chi connectivity index (χ1v) is 9.45. The maximum Gasteiger partial charge on any atom is 0.334 e. The Morgan fingerprint density at radius 2 is 1.10 bits per heavy atom. The van der Waals surface area contributed by atoms with Crippen LogP contribution in [-0.4, -0.2) is 23.1 Å². The lowest BCUT2D eigenvalue weighted by Gasteiger charge is -2.23. The molecule has 0 fully saturated rings. The normalized spacial score (nSPS) is 10.6. The number of esters is 1. The summed E-state index contributed by atoms with van der Waals surface area (Å²) >= 11 is 0. The lowest BCUT2D eigenvalue weighted by Crippen LogP contribution is -2.37. The van der Waals surface area contributed by atoms with Gasteiger partial charge in [0.25, 0.3) is 0 Å². The fourth-order valence-corrected chi connectivity index (χ4v) is 2.32. The lowest BCUT2D eigenvalue weighted by atomic mass is 9.87. The van der Waals surface area contributed by atoms with Crippen molar-refractivity contribution >= 4 is 17.5 Å². The van der Waals surface area contributed by atoms with Gasteiger partial charge in [-0.2, -0.15) is 0 Å². The van der Waals surface area contributed by atoms with E-state index in [1.165, 1.54) is 0 Å². The van der Waals surface area contributed by atoms with E-state index in [4.69, 9.17) is 4.74 Å². The molecular weight excluding hydrogens is 376 g/mol. The zero-order valence-corrected chi connectivity index (χ0v) is 18.1. The zero-order valence-electron chi connectivity index (χ0n) is 18.1. The van der Waals surface area contributed by atoms with Gasteiger partial charge in [0, 0.05) is 22.1 Å². The van der Waals surface area contributed by atoms with Crippen molar-refractivity contribution in [3.05, 3.63) is 83.9 Å². The summed E-state index contributed by atoms with van der Waals surface area (Å²) < 4.78 is 5.13. The minimum atomic E-state index is -1.18. The van der Waals surface area contributed by atoms with E-state index in [2.05, 4.69) is 6.58 Å². The molecule has 0 atom stereocenters. The molecule has 2 aromatic rings. The van der Waals surface area contributed by atoms with Gasteiger partial charge in [-0.15, -0.1) is 0 Å². The van der Waals surface area contributed by atoms with Crippen LogP contribution in [0.15, 0.2) is 72.8 Å². The van der Waals surface area contributed by atoms with Crippen molar-refractivity contribution in [2.75, 3.05) is 0 Å². The van der Waals surface area contributed by atoms with E-state index in [0.717, 1.165) is 5.56 Å². The zero-order chi connectivity index (χ0) is 22.2. The summed E-state index contributed by atoms with van der Waals surface area (Å²) in [5.74, 6) is -0.588. The Bertz CT molecular complexity index is 857. The van der Waals surface area contributed by atoms with Gasteiger partial charge in [-0.25, -0.2) is 4.79 Å². The minimum Gasteiger partial charge on any atom is -0.448 e. The second-order valence-electron chi connectivity index (χ2n) is 8.32. The van der Waals surface area contributed by atoms with Crippen molar-refractivity contribution in [1.29, 1.82) is 0 Å². The minimum absolute atomic E-state index is 0. The smallest absolute Gasteiger partial charge is 0.334 e. The van der Waals surface area contributed by atoms with Crippen LogP contribution in [0.5, 0.6) is 0 Å². The maximum atomic E-state index is 12.1. The van der Waals surface area contributed by atoms with Crippen LogP contribution in [0.3, 0.4) is 0 Å². The summed E-state index contributed by atoms with van der Waals surface area (Å²) in [7, 11) is 0. The number of carbonyl (C=O) groups excluding carboxylic acids is 3. The number of carbonyl (C=O) groups is 3. The molecule has 30 heavy (non-hydrogen) atoms. The van der Waals surface area contributed by atoms with E-state index < -0.39 is 11.6 Å². The second-order valence-corrected chi connectivity index (χ2v) is 8.32.